The summed E-state index contributed by atoms with van der Waals surface area (Å²) >= 11 is 0. The number of hydrogen-bond acceptors (Lipinski definition) is 3. The Bertz CT molecular complexity index is 413. The van der Waals surface area contributed by atoms with Crippen molar-refractivity contribution in [2.45, 2.75) is 39.8 Å². The van der Waals surface area contributed by atoms with Crippen LogP contribution >= 0.6 is 12.4 Å². The molecule has 1 unspecified atom stereocenters. The number of halogens is 1. The largest absolute Gasteiger partial charge is 0.481 e. The van der Waals surface area contributed by atoms with Gasteiger partial charge in [-0.05, 0) is 45.0 Å². The van der Waals surface area contributed by atoms with Crippen molar-refractivity contribution >= 4 is 18.3 Å². The summed E-state index contributed by atoms with van der Waals surface area (Å²) in [7, 11) is 0. The van der Waals surface area contributed by atoms with Crippen LogP contribution in [0.1, 0.15) is 26.3 Å². The molecule has 4 nitrogen and oxygen atoms in total. The lowest BCUT2D eigenvalue weighted by molar-refractivity contribution is -0.127. The highest BCUT2D eigenvalue weighted by Gasteiger charge is 2.15. The Morgan fingerprint density at radius 1 is 1.35 bits per heavy atom. The second kappa shape index (κ2) is 9.61. The van der Waals surface area contributed by atoms with Crippen molar-refractivity contribution in [2.75, 3.05) is 13.1 Å². The average molecular weight is 301 g/mol. The molecule has 0 aliphatic rings. The van der Waals surface area contributed by atoms with Crippen LogP contribution in [0.4, 0.5) is 0 Å². The third kappa shape index (κ3) is 6.78. The van der Waals surface area contributed by atoms with E-state index in [4.69, 9.17) is 4.74 Å². The highest BCUT2D eigenvalue weighted by Crippen LogP contribution is 2.14. The van der Waals surface area contributed by atoms with E-state index in [-0.39, 0.29) is 24.4 Å². The molecule has 20 heavy (non-hydrogen) atoms. The van der Waals surface area contributed by atoms with Crippen molar-refractivity contribution in [3.8, 4) is 5.75 Å². The molecular formula is C15H25ClN2O2. The monoisotopic (exact) mass is 300 g/mol. The van der Waals surface area contributed by atoms with E-state index in [1.54, 1.807) is 6.92 Å². The minimum Gasteiger partial charge on any atom is -0.481 e. The van der Waals surface area contributed by atoms with Crippen molar-refractivity contribution in [2.24, 2.45) is 0 Å². The fraction of sp³-hybridized carbons (Fsp3) is 0.533. The van der Waals surface area contributed by atoms with Gasteiger partial charge in [-0.15, -0.1) is 12.4 Å². The maximum absolute atomic E-state index is 11.9. The number of likely N-dealkylation sites (N-methyl/N-ethyl adjacent to an activating group) is 1. The summed E-state index contributed by atoms with van der Waals surface area (Å²) in [5, 5.41) is 6.12. The van der Waals surface area contributed by atoms with Gasteiger partial charge in [0.05, 0.1) is 0 Å². The van der Waals surface area contributed by atoms with Crippen LogP contribution in [-0.2, 0) is 4.79 Å². The number of benzene rings is 1. The highest BCUT2D eigenvalue weighted by atomic mass is 35.5. The van der Waals surface area contributed by atoms with Crippen LogP contribution in [0.5, 0.6) is 5.75 Å². The molecule has 1 amide bonds. The number of carbonyl (C=O) groups excluding carboxylic acids is 1. The van der Waals surface area contributed by atoms with Gasteiger partial charge < -0.3 is 15.4 Å². The molecule has 2 atom stereocenters. The molecule has 0 saturated carbocycles. The van der Waals surface area contributed by atoms with Crippen molar-refractivity contribution in [1.29, 1.82) is 0 Å². The second-order valence-electron chi connectivity index (χ2n) is 4.78. The molecule has 0 aromatic heterocycles. The molecule has 0 heterocycles. The zero-order chi connectivity index (χ0) is 14.3. The lowest BCUT2D eigenvalue weighted by Crippen LogP contribution is -2.43. The smallest absolute Gasteiger partial charge is 0.260 e. The lowest BCUT2D eigenvalue weighted by Gasteiger charge is -2.17. The van der Waals surface area contributed by atoms with Crippen LogP contribution in [0.3, 0.4) is 0 Å². The van der Waals surface area contributed by atoms with E-state index in [9.17, 15) is 4.79 Å². The van der Waals surface area contributed by atoms with E-state index >= 15 is 0 Å². The van der Waals surface area contributed by atoms with E-state index in [1.807, 2.05) is 45.0 Å². The van der Waals surface area contributed by atoms with E-state index in [1.165, 1.54) is 0 Å². The average Bonchev–Trinajstić information content (AvgIpc) is 2.36. The normalized spacial score (nSPS) is 13.0. The van der Waals surface area contributed by atoms with Crippen LogP contribution in [-0.4, -0.2) is 31.1 Å². The fourth-order valence-corrected chi connectivity index (χ4v) is 1.76. The van der Waals surface area contributed by atoms with Gasteiger partial charge in [0.15, 0.2) is 6.10 Å². The predicted molar refractivity (Wildman–Crippen MR) is 84.7 cm³/mol. The first kappa shape index (κ1) is 18.7. The van der Waals surface area contributed by atoms with Gasteiger partial charge in [-0.2, -0.15) is 0 Å². The number of nitrogens with one attached hydrogen (secondary N) is 2. The van der Waals surface area contributed by atoms with Gasteiger partial charge in [-0.1, -0.05) is 19.1 Å². The Kier molecular flexibility index (Phi) is 9.01. The molecule has 0 aliphatic carbocycles. The first-order valence-corrected chi connectivity index (χ1v) is 6.77. The van der Waals surface area contributed by atoms with Crippen molar-refractivity contribution < 1.29 is 9.53 Å². The third-order valence-electron chi connectivity index (χ3n) is 2.81. The highest BCUT2D eigenvalue weighted by molar-refractivity contribution is 5.85. The van der Waals surface area contributed by atoms with Crippen molar-refractivity contribution in [3.05, 3.63) is 29.8 Å². The van der Waals surface area contributed by atoms with Crippen LogP contribution < -0.4 is 15.4 Å². The summed E-state index contributed by atoms with van der Waals surface area (Å²) < 4.78 is 5.62. The van der Waals surface area contributed by atoms with E-state index in [2.05, 4.69) is 10.6 Å². The fourth-order valence-electron chi connectivity index (χ4n) is 1.76. The van der Waals surface area contributed by atoms with Crippen molar-refractivity contribution in [1.82, 2.24) is 10.6 Å². The van der Waals surface area contributed by atoms with E-state index < -0.39 is 6.10 Å². The number of amides is 1. The second-order valence-corrected chi connectivity index (χ2v) is 4.78. The first-order valence-electron chi connectivity index (χ1n) is 6.77. The van der Waals surface area contributed by atoms with Gasteiger partial charge in [0, 0.05) is 12.6 Å². The Hall–Kier alpha value is -1.26. The minimum absolute atomic E-state index is 0. The van der Waals surface area contributed by atoms with Crippen LogP contribution in [0, 0.1) is 6.92 Å². The molecule has 114 valence electrons. The minimum atomic E-state index is -0.490. The third-order valence-corrected chi connectivity index (χ3v) is 2.81. The van der Waals surface area contributed by atoms with Gasteiger partial charge in [-0.25, -0.2) is 0 Å². The predicted octanol–water partition coefficient (Wildman–Crippen LogP) is 2.30. The number of rotatable bonds is 7. The SMILES string of the molecule is CCN[C@H](C)CNC(=O)C(C)Oc1cccc(C)c1.Cl. The number of carbonyl (C=O) groups is 1. The lowest BCUT2D eigenvalue weighted by atomic mass is 10.2. The summed E-state index contributed by atoms with van der Waals surface area (Å²) in [6.45, 7) is 9.34. The molecule has 0 saturated heterocycles. The van der Waals surface area contributed by atoms with Gasteiger partial charge in [-0.3, -0.25) is 4.79 Å². The molecule has 1 aromatic carbocycles. The van der Waals surface area contributed by atoms with Gasteiger partial charge in [0.1, 0.15) is 5.75 Å². The van der Waals surface area contributed by atoms with Gasteiger partial charge >= 0.3 is 0 Å². The van der Waals surface area contributed by atoms with Crippen LogP contribution in [0.2, 0.25) is 0 Å². The molecule has 1 aromatic rings. The molecule has 2 N–H and O–H groups in total. The van der Waals surface area contributed by atoms with Gasteiger partial charge in [0.2, 0.25) is 0 Å². The topological polar surface area (TPSA) is 50.4 Å². The molecule has 0 fully saturated rings. The zero-order valence-corrected chi connectivity index (χ0v) is 13.4. The molecular weight excluding hydrogens is 276 g/mol. The first-order chi connectivity index (χ1) is 9.02. The van der Waals surface area contributed by atoms with Gasteiger partial charge in [0.25, 0.3) is 5.91 Å². The Balaban J connectivity index is 0.00000361. The molecule has 5 heteroatoms. The van der Waals surface area contributed by atoms with E-state index in [0.717, 1.165) is 17.9 Å². The Morgan fingerprint density at radius 3 is 2.65 bits per heavy atom. The summed E-state index contributed by atoms with van der Waals surface area (Å²) in [5.41, 5.74) is 1.12. The summed E-state index contributed by atoms with van der Waals surface area (Å²) in [6, 6.07) is 7.96. The molecule has 0 bridgehead atoms. The Labute approximate surface area is 127 Å². The summed E-state index contributed by atoms with van der Waals surface area (Å²) in [4.78, 5) is 11.9. The maximum atomic E-state index is 11.9. The summed E-state index contributed by atoms with van der Waals surface area (Å²) in [5.74, 6) is 0.633. The Morgan fingerprint density at radius 2 is 2.05 bits per heavy atom. The maximum Gasteiger partial charge on any atom is 0.260 e. The van der Waals surface area contributed by atoms with Crippen LogP contribution in [0.15, 0.2) is 24.3 Å². The zero-order valence-electron chi connectivity index (χ0n) is 12.6. The standard InChI is InChI=1S/C15H24N2O2.ClH/c1-5-16-12(3)10-17-15(18)13(4)19-14-8-6-7-11(2)9-14;/h6-9,12-13,16H,5,10H2,1-4H3,(H,17,18);1H/t12-,13?;/m1./s1. The number of hydrogen-bond donors (Lipinski definition) is 2. The molecule has 0 aliphatic heterocycles. The molecule has 0 spiro atoms. The summed E-state index contributed by atoms with van der Waals surface area (Å²) in [6.07, 6.45) is -0.490. The molecule has 1 rings (SSSR count). The van der Waals surface area contributed by atoms with Crippen molar-refractivity contribution in [3.63, 3.8) is 0 Å². The molecule has 0 radical (unpaired) electrons. The number of aryl methyl sites for hydroxylation is 1. The van der Waals surface area contributed by atoms with Crippen LogP contribution in [0.25, 0.3) is 0 Å². The number of ether oxygens (including phenoxy) is 1. The van der Waals surface area contributed by atoms with E-state index in [0.29, 0.717) is 6.54 Å². The quantitative estimate of drug-likeness (QED) is 0.812.